The van der Waals surface area contributed by atoms with Gasteiger partial charge in [0, 0.05) is 18.6 Å². The van der Waals surface area contributed by atoms with E-state index in [1.165, 1.54) is 11.5 Å². The van der Waals surface area contributed by atoms with Crippen molar-refractivity contribution in [3.8, 4) is 0 Å². The van der Waals surface area contributed by atoms with Crippen LogP contribution in [0.2, 0.25) is 0 Å². The van der Waals surface area contributed by atoms with Crippen LogP contribution in [0.15, 0.2) is 6.33 Å². The molecule has 0 radical (unpaired) electrons. The third-order valence-corrected chi connectivity index (χ3v) is 2.74. The Morgan fingerprint density at radius 2 is 2.33 bits per heavy atom. The first-order chi connectivity index (χ1) is 7.16. The van der Waals surface area contributed by atoms with Gasteiger partial charge in [-0.2, -0.15) is 4.37 Å². The molecule has 2 aromatic rings. The monoisotopic (exact) mass is 224 g/mol. The van der Waals surface area contributed by atoms with E-state index in [0.29, 0.717) is 0 Å². The van der Waals surface area contributed by atoms with Crippen molar-refractivity contribution in [3.63, 3.8) is 0 Å². The van der Waals surface area contributed by atoms with Crippen LogP contribution in [0.5, 0.6) is 0 Å². The highest BCUT2D eigenvalue weighted by Crippen LogP contribution is 2.18. The van der Waals surface area contributed by atoms with Crippen molar-refractivity contribution in [2.75, 3.05) is 5.32 Å². The van der Waals surface area contributed by atoms with Gasteiger partial charge in [-0.3, -0.25) is 0 Å². The molecular formula is C8H12N6S. The first-order valence-electron chi connectivity index (χ1n) is 4.57. The van der Waals surface area contributed by atoms with Gasteiger partial charge in [0.2, 0.25) is 5.13 Å². The Morgan fingerprint density at radius 3 is 2.87 bits per heavy atom. The molecule has 1 unspecified atom stereocenters. The second kappa shape index (κ2) is 3.93. The first kappa shape index (κ1) is 10.0. The Balaban J connectivity index is 2.10. The Hall–Kier alpha value is -1.50. The summed E-state index contributed by atoms with van der Waals surface area (Å²) in [5.41, 5.74) is 0. The molecule has 0 aliphatic carbocycles. The van der Waals surface area contributed by atoms with Gasteiger partial charge in [0.15, 0.2) is 5.82 Å². The zero-order chi connectivity index (χ0) is 10.8. The highest BCUT2D eigenvalue weighted by atomic mass is 32.1. The van der Waals surface area contributed by atoms with Crippen LogP contribution >= 0.6 is 11.5 Å². The lowest BCUT2D eigenvalue weighted by molar-refractivity contribution is 0.718. The van der Waals surface area contributed by atoms with E-state index >= 15 is 0 Å². The maximum Gasteiger partial charge on any atom is 0.203 e. The Labute approximate surface area is 91.5 Å². The van der Waals surface area contributed by atoms with Crippen LogP contribution in [-0.2, 0) is 7.05 Å². The van der Waals surface area contributed by atoms with E-state index in [-0.39, 0.29) is 6.04 Å². The van der Waals surface area contributed by atoms with Crippen molar-refractivity contribution in [1.82, 2.24) is 24.1 Å². The van der Waals surface area contributed by atoms with Gasteiger partial charge >= 0.3 is 0 Å². The Kier molecular flexibility index (Phi) is 2.63. The van der Waals surface area contributed by atoms with Gasteiger partial charge in [-0.25, -0.2) is 4.98 Å². The van der Waals surface area contributed by atoms with Gasteiger partial charge in [0.05, 0.1) is 6.04 Å². The predicted octanol–water partition coefficient (Wildman–Crippen LogP) is 1.15. The van der Waals surface area contributed by atoms with Gasteiger partial charge in [0.1, 0.15) is 12.2 Å². The smallest absolute Gasteiger partial charge is 0.203 e. The van der Waals surface area contributed by atoms with E-state index < -0.39 is 0 Å². The molecule has 0 saturated carbocycles. The molecule has 0 fully saturated rings. The lowest BCUT2D eigenvalue weighted by Gasteiger charge is -2.10. The van der Waals surface area contributed by atoms with E-state index in [0.717, 1.165) is 16.8 Å². The molecule has 6 nitrogen and oxygen atoms in total. The fraction of sp³-hybridized carbons (Fsp3) is 0.500. The minimum absolute atomic E-state index is 0.0739. The quantitative estimate of drug-likeness (QED) is 0.847. The molecule has 0 spiro atoms. The van der Waals surface area contributed by atoms with Crippen LogP contribution in [0.1, 0.15) is 24.6 Å². The molecule has 7 heteroatoms. The zero-order valence-corrected chi connectivity index (χ0v) is 9.62. The summed E-state index contributed by atoms with van der Waals surface area (Å²) < 4.78 is 5.98. The topological polar surface area (TPSA) is 68.5 Å². The van der Waals surface area contributed by atoms with Crippen LogP contribution in [0.3, 0.4) is 0 Å². The molecular weight excluding hydrogens is 212 g/mol. The number of anilines is 1. The molecule has 0 bridgehead atoms. The van der Waals surface area contributed by atoms with Crippen molar-refractivity contribution in [2.24, 2.45) is 7.05 Å². The van der Waals surface area contributed by atoms with E-state index in [4.69, 9.17) is 0 Å². The largest absolute Gasteiger partial charge is 0.351 e. The van der Waals surface area contributed by atoms with Crippen LogP contribution in [0, 0.1) is 6.92 Å². The molecule has 1 atom stereocenters. The maximum absolute atomic E-state index is 4.23. The summed E-state index contributed by atoms with van der Waals surface area (Å²) in [6.45, 7) is 3.88. The van der Waals surface area contributed by atoms with Gasteiger partial charge in [-0.15, -0.1) is 10.2 Å². The molecule has 0 saturated heterocycles. The highest BCUT2D eigenvalue weighted by molar-refractivity contribution is 7.09. The molecule has 0 aliphatic heterocycles. The van der Waals surface area contributed by atoms with E-state index in [2.05, 4.69) is 24.9 Å². The number of hydrogen-bond donors (Lipinski definition) is 1. The normalized spacial score (nSPS) is 12.7. The zero-order valence-electron chi connectivity index (χ0n) is 8.80. The highest BCUT2D eigenvalue weighted by Gasteiger charge is 2.12. The number of rotatable bonds is 3. The van der Waals surface area contributed by atoms with Crippen LogP contribution in [-0.4, -0.2) is 24.1 Å². The fourth-order valence-electron chi connectivity index (χ4n) is 1.29. The average Bonchev–Trinajstić information content (AvgIpc) is 2.75. The third kappa shape index (κ3) is 2.12. The summed E-state index contributed by atoms with van der Waals surface area (Å²) in [4.78, 5) is 4.23. The molecule has 0 aromatic carbocycles. The first-order valence-corrected chi connectivity index (χ1v) is 5.35. The summed E-state index contributed by atoms with van der Waals surface area (Å²) in [5.74, 6) is 1.66. The van der Waals surface area contributed by atoms with Crippen LogP contribution < -0.4 is 5.32 Å². The van der Waals surface area contributed by atoms with E-state index in [1.807, 2.05) is 25.5 Å². The Bertz CT molecular complexity index is 447. The van der Waals surface area contributed by atoms with E-state index in [1.54, 1.807) is 6.33 Å². The van der Waals surface area contributed by atoms with Crippen LogP contribution in [0.4, 0.5) is 5.13 Å². The number of hydrogen-bond acceptors (Lipinski definition) is 6. The summed E-state index contributed by atoms with van der Waals surface area (Å²) in [6, 6.07) is 0.0739. The lowest BCUT2D eigenvalue weighted by Crippen LogP contribution is -2.11. The second-order valence-corrected chi connectivity index (χ2v) is 4.06. The number of aromatic nitrogens is 5. The van der Waals surface area contributed by atoms with Gasteiger partial charge in [0.25, 0.3) is 0 Å². The molecule has 0 amide bonds. The summed E-state index contributed by atoms with van der Waals surface area (Å²) >= 11 is 1.35. The minimum atomic E-state index is 0.0739. The summed E-state index contributed by atoms with van der Waals surface area (Å²) in [7, 11) is 1.92. The van der Waals surface area contributed by atoms with Gasteiger partial charge in [-0.1, -0.05) is 0 Å². The van der Waals surface area contributed by atoms with Gasteiger partial charge in [-0.05, 0) is 13.8 Å². The van der Waals surface area contributed by atoms with Crippen molar-refractivity contribution >= 4 is 16.7 Å². The number of aryl methyl sites for hydroxylation is 2. The number of nitrogens with one attached hydrogen (secondary N) is 1. The molecule has 80 valence electrons. The third-order valence-electron chi connectivity index (χ3n) is 2.00. The molecule has 2 heterocycles. The SMILES string of the molecule is Cc1nsc(NC(C)c2nncn2C)n1. The van der Waals surface area contributed by atoms with Crippen LogP contribution in [0.25, 0.3) is 0 Å². The average molecular weight is 224 g/mol. The molecule has 2 rings (SSSR count). The van der Waals surface area contributed by atoms with Gasteiger partial charge < -0.3 is 9.88 Å². The number of nitrogens with zero attached hydrogens (tertiary/aromatic N) is 5. The summed E-state index contributed by atoms with van der Waals surface area (Å²) in [5, 5.41) is 11.9. The van der Waals surface area contributed by atoms with Crippen molar-refractivity contribution < 1.29 is 0 Å². The van der Waals surface area contributed by atoms with Crippen molar-refractivity contribution in [3.05, 3.63) is 18.0 Å². The summed E-state index contributed by atoms with van der Waals surface area (Å²) in [6.07, 6.45) is 1.68. The molecule has 15 heavy (non-hydrogen) atoms. The standard InChI is InChI=1S/C8H12N6S/c1-5(7-12-9-4-14(7)3)10-8-11-6(2)13-15-8/h4-5H,1-3H3,(H,10,11,13). The minimum Gasteiger partial charge on any atom is -0.351 e. The maximum atomic E-state index is 4.23. The molecule has 1 N–H and O–H groups in total. The molecule has 2 aromatic heterocycles. The molecule has 0 aliphatic rings. The lowest BCUT2D eigenvalue weighted by atomic mass is 10.3. The predicted molar refractivity (Wildman–Crippen MR) is 57.7 cm³/mol. The fourth-order valence-corrected chi connectivity index (χ4v) is 1.95. The Morgan fingerprint density at radius 1 is 1.53 bits per heavy atom. The van der Waals surface area contributed by atoms with E-state index in [9.17, 15) is 0 Å². The van der Waals surface area contributed by atoms with Crippen molar-refractivity contribution in [1.29, 1.82) is 0 Å². The second-order valence-electron chi connectivity index (χ2n) is 3.31. The van der Waals surface area contributed by atoms with Crippen molar-refractivity contribution in [2.45, 2.75) is 19.9 Å².